The maximum absolute atomic E-state index is 14.7. The number of amides is 1. The zero-order chi connectivity index (χ0) is 25.3. The Labute approximate surface area is 213 Å². The van der Waals surface area contributed by atoms with Gasteiger partial charge in [0.2, 0.25) is 5.91 Å². The minimum atomic E-state index is -1.17. The second-order valence-corrected chi connectivity index (χ2v) is 14.5. The van der Waals surface area contributed by atoms with Crippen molar-refractivity contribution in [2.24, 2.45) is 11.3 Å². The van der Waals surface area contributed by atoms with Crippen molar-refractivity contribution >= 4 is 28.3 Å². The van der Waals surface area contributed by atoms with Crippen LogP contribution in [0.15, 0.2) is 0 Å². The maximum Gasteiger partial charge on any atom is 0.228 e. The molecule has 0 aromatic rings. The van der Waals surface area contributed by atoms with Gasteiger partial charge in [-0.05, 0) is 71.1 Å². The number of nitrogens with zero attached hydrogens (tertiary/aromatic N) is 1. The van der Waals surface area contributed by atoms with Gasteiger partial charge in [-0.15, -0.1) is 11.6 Å². The third-order valence-corrected chi connectivity index (χ3v) is 11.3. The summed E-state index contributed by atoms with van der Waals surface area (Å²) in [4.78, 5) is 15.2. The fourth-order valence-corrected chi connectivity index (χ4v) is 9.33. The van der Waals surface area contributed by atoms with Gasteiger partial charge in [0.1, 0.15) is 6.17 Å². The number of hydrogen-bond acceptors (Lipinski definition) is 4. The van der Waals surface area contributed by atoms with Crippen LogP contribution in [0.25, 0.3) is 0 Å². The molecule has 198 valence electrons. The normalized spacial score (nSPS) is 35.7. The molecule has 7 atom stereocenters. The fraction of sp³-hybridized carbons (Fsp3) is 0.962. The van der Waals surface area contributed by atoms with Crippen molar-refractivity contribution in [3.05, 3.63) is 0 Å². The van der Waals surface area contributed by atoms with E-state index in [-0.39, 0.29) is 40.6 Å². The molecule has 0 radical (unpaired) electrons. The van der Waals surface area contributed by atoms with E-state index in [0.717, 1.165) is 38.5 Å². The molecule has 3 fully saturated rings. The topological polar surface area (TPSA) is 55.8 Å². The van der Waals surface area contributed by atoms with Crippen molar-refractivity contribution in [3.8, 4) is 0 Å². The van der Waals surface area contributed by atoms with Crippen LogP contribution >= 0.6 is 11.6 Å². The summed E-state index contributed by atoms with van der Waals surface area (Å²) in [6.07, 6.45) is 4.07. The molecule has 0 spiro atoms. The lowest BCUT2D eigenvalue weighted by molar-refractivity contribution is -0.145. The molecule has 2 aliphatic carbocycles. The molecule has 8 heteroatoms. The molecule has 1 heterocycles. The van der Waals surface area contributed by atoms with Gasteiger partial charge in [0.05, 0.1) is 16.2 Å². The molecule has 34 heavy (non-hydrogen) atoms. The lowest BCUT2D eigenvalue weighted by Crippen LogP contribution is -2.58. The molecule has 1 amide bonds. The molecule has 3 aliphatic rings. The van der Waals surface area contributed by atoms with Crippen LogP contribution in [-0.2, 0) is 25.1 Å². The number of halogens is 2. The molecule has 0 aromatic carbocycles. The third-order valence-electron chi connectivity index (χ3n) is 8.28. The van der Waals surface area contributed by atoms with Crippen molar-refractivity contribution < 1.29 is 22.9 Å². The Balaban J connectivity index is 1.79. The first-order valence-corrected chi connectivity index (χ1v) is 14.7. The standard InChI is InChI=1S/C26H45ClFNO4S/c1-17(2)29(24(30)25(3,4)5)22-9-7-18(15-20(22)27)26(11-13-33-14-12-26)34(31)19-8-10-23(32-6)21(28)16-19/h17-23H,7-16H2,1-6H3. The molecule has 2 saturated carbocycles. The van der Waals surface area contributed by atoms with Crippen LogP contribution in [-0.4, -0.2) is 75.1 Å². The number of carbonyl (C=O) groups excluding carboxylic acids is 1. The first kappa shape index (κ1) is 28.3. The quantitative estimate of drug-likeness (QED) is 0.448. The smallest absolute Gasteiger partial charge is 0.228 e. The van der Waals surface area contributed by atoms with Crippen LogP contribution in [0.3, 0.4) is 0 Å². The number of carbonyl (C=O) groups is 1. The van der Waals surface area contributed by atoms with Crippen molar-refractivity contribution in [3.63, 3.8) is 0 Å². The largest absolute Gasteiger partial charge is 0.381 e. The summed E-state index contributed by atoms with van der Waals surface area (Å²) in [6, 6.07) is 0.0421. The van der Waals surface area contributed by atoms with Crippen molar-refractivity contribution in [1.29, 1.82) is 0 Å². The zero-order valence-electron chi connectivity index (χ0n) is 21.9. The molecular weight excluding hydrogens is 477 g/mol. The summed E-state index contributed by atoms with van der Waals surface area (Å²) in [6.45, 7) is 11.1. The number of ether oxygens (including phenoxy) is 2. The average molecular weight is 522 g/mol. The van der Waals surface area contributed by atoms with Crippen LogP contribution in [0.5, 0.6) is 0 Å². The lowest BCUT2D eigenvalue weighted by Gasteiger charge is -2.51. The Morgan fingerprint density at radius 1 is 1.15 bits per heavy atom. The molecule has 0 aromatic heterocycles. The Morgan fingerprint density at radius 3 is 2.29 bits per heavy atom. The highest BCUT2D eigenvalue weighted by atomic mass is 35.5. The molecular formula is C26H45ClFNO4S. The van der Waals surface area contributed by atoms with Gasteiger partial charge in [0.15, 0.2) is 0 Å². The number of hydrogen-bond donors (Lipinski definition) is 0. The number of alkyl halides is 2. The fourth-order valence-electron chi connectivity index (χ4n) is 6.38. The van der Waals surface area contributed by atoms with Gasteiger partial charge in [0.25, 0.3) is 0 Å². The predicted molar refractivity (Wildman–Crippen MR) is 136 cm³/mol. The van der Waals surface area contributed by atoms with Gasteiger partial charge in [-0.3, -0.25) is 9.00 Å². The molecule has 7 unspecified atom stereocenters. The van der Waals surface area contributed by atoms with Gasteiger partial charge in [-0.1, -0.05) is 20.8 Å². The van der Waals surface area contributed by atoms with Crippen molar-refractivity contribution in [2.45, 2.75) is 126 Å². The van der Waals surface area contributed by atoms with Crippen molar-refractivity contribution in [2.75, 3.05) is 20.3 Å². The Bertz CT molecular complexity index is 724. The summed E-state index contributed by atoms with van der Waals surface area (Å²) in [5.74, 6) is 0.317. The third kappa shape index (κ3) is 5.84. The van der Waals surface area contributed by atoms with E-state index in [4.69, 9.17) is 21.1 Å². The first-order valence-electron chi connectivity index (χ1n) is 13.0. The van der Waals surface area contributed by atoms with Crippen LogP contribution in [0.1, 0.15) is 86.0 Å². The van der Waals surface area contributed by atoms with E-state index in [1.54, 1.807) is 7.11 Å². The minimum absolute atomic E-state index is 0.0256. The van der Waals surface area contributed by atoms with E-state index in [2.05, 4.69) is 13.8 Å². The maximum atomic E-state index is 14.7. The molecule has 0 bridgehead atoms. The van der Waals surface area contributed by atoms with E-state index in [1.165, 1.54) is 0 Å². The lowest BCUT2D eigenvalue weighted by atomic mass is 9.73. The predicted octanol–water partition coefficient (Wildman–Crippen LogP) is 5.25. The van der Waals surface area contributed by atoms with Crippen LogP contribution < -0.4 is 0 Å². The van der Waals surface area contributed by atoms with Gasteiger partial charge in [0, 0.05) is 53.9 Å². The summed E-state index contributed by atoms with van der Waals surface area (Å²) in [5, 5.41) is -0.344. The van der Waals surface area contributed by atoms with Crippen molar-refractivity contribution in [1.82, 2.24) is 4.90 Å². The van der Waals surface area contributed by atoms with Gasteiger partial charge in [-0.25, -0.2) is 4.39 Å². The zero-order valence-corrected chi connectivity index (χ0v) is 23.4. The Hall–Kier alpha value is -0.240. The van der Waals surface area contributed by atoms with Gasteiger partial charge < -0.3 is 14.4 Å². The molecule has 1 aliphatic heterocycles. The first-order chi connectivity index (χ1) is 15.9. The highest BCUT2D eigenvalue weighted by Gasteiger charge is 2.52. The molecule has 1 saturated heterocycles. The summed E-state index contributed by atoms with van der Waals surface area (Å²) in [7, 11) is 0.384. The summed E-state index contributed by atoms with van der Waals surface area (Å²) >= 11 is 7.04. The van der Waals surface area contributed by atoms with E-state index in [1.807, 2.05) is 25.7 Å². The minimum Gasteiger partial charge on any atom is -0.381 e. The van der Waals surface area contributed by atoms with Gasteiger partial charge >= 0.3 is 0 Å². The monoisotopic (exact) mass is 521 g/mol. The molecule has 5 nitrogen and oxygen atoms in total. The summed E-state index contributed by atoms with van der Waals surface area (Å²) < 4.78 is 39.4. The highest BCUT2D eigenvalue weighted by Crippen LogP contribution is 2.48. The summed E-state index contributed by atoms with van der Waals surface area (Å²) in [5.41, 5.74) is -0.467. The Kier molecular flexibility index (Phi) is 9.53. The SMILES string of the molecule is COC1CCC(S(=O)C2(C3CCC(N(C(=O)C(C)(C)C)C(C)C)C(Cl)C3)CCOCC2)CC1F. The number of methoxy groups -OCH3 is 1. The van der Waals surface area contributed by atoms with Crippen LogP contribution in [0.4, 0.5) is 4.39 Å². The van der Waals surface area contributed by atoms with Gasteiger partial charge in [-0.2, -0.15) is 0 Å². The van der Waals surface area contributed by atoms with E-state index in [0.29, 0.717) is 26.1 Å². The Morgan fingerprint density at radius 2 is 1.79 bits per heavy atom. The number of rotatable bonds is 6. The van der Waals surface area contributed by atoms with E-state index >= 15 is 0 Å². The molecule has 3 rings (SSSR count). The second-order valence-electron chi connectivity index (χ2n) is 11.8. The average Bonchev–Trinajstić information content (AvgIpc) is 2.79. The van der Waals surface area contributed by atoms with E-state index in [9.17, 15) is 13.4 Å². The van der Waals surface area contributed by atoms with E-state index < -0.39 is 27.1 Å². The van der Waals surface area contributed by atoms with Crippen LogP contribution in [0, 0.1) is 11.3 Å². The second kappa shape index (κ2) is 11.4. The molecule has 0 N–H and O–H groups in total. The van der Waals surface area contributed by atoms with Crippen LogP contribution in [0.2, 0.25) is 0 Å². The highest BCUT2D eigenvalue weighted by molar-refractivity contribution is 7.87.